The van der Waals surface area contributed by atoms with Crippen molar-refractivity contribution in [3.8, 4) is 0 Å². The SMILES string of the molecule is CS(=O)(=O)c1ccc(C(c2ccc(S(=O)[O-])cc2)[C@@H](O)[C@@H]2CCCN2)cc1. The first-order chi connectivity index (χ1) is 12.8. The van der Waals surface area contributed by atoms with Gasteiger partial charge in [-0.05, 0) is 65.9 Å². The van der Waals surface area contributed by atoms with Gasteiger partial charge in [0.05, 0.1) is 11.0 Å². The van der Waals surface area contributed by atoms with E-state index in [9.17, 15) is 22.3 Å². The van der Waals surface area contributed by atoms with E-state index in [1.807, 2.05) is 0 Å². The Balaban J connectivity index is 2.00. The minimum Gasteiger partial charge on any atom is -0.768 e. The summed E-state index contributed by atoms with van der Waals surface area (Å²) in [6, 6.07) is 12.8. The zero-order valence-corrected chi connectivity index (χ0v) is 16.5. The Bertz CT molecular complexity index is 904. The Labute approximate surface area is 161 Å². The van der Waals surface area contributed by atoms with Gasteiger partial charge in [0.1, 0.15) is 0 Å². The molecule has 1 saturated heterocycles. The van der Waals surface area contributed by atoms with Gasteiger partial charge in [0.2, 0.25) is 0 Å². The highest BCUT2D eigenvalue weighted by atomic mass is 32.2. The van der Waals surface area contributed by atoms with Crippen molar-refractivity contribution in [2.45, 2.75) is 40.7 Å². The third-order valence-electron chi connectivity index (χ3n) is 4.95. The summed E-state index contributed by atoms with van der Waals surface area (Å²) in [5.41, 5.74) is 1.55. The monoisotopic (exact) mass is 408 g/mol. The Morgan fingerprint density at radius 3 is 2.11 bits per heavy atom. The maximum atomic E-state index is 11.7. The second-order valence-electron chi connectivity index (χ2n) is 6.82. The Morgan fingerprint density at radius 2 is 1.67 bits per heavy atom. The summed E-state index contributed by atoms with van der Waals surface area (Å²) in [7, 11) is -3.30. The number of aliphatic hydroxyl groups excluding tert-OH is 1. The first-order valence-electron chi connectivity index (χ1n) is 8.68. The van der Waals surface area contributed by atoms with Gasteiger partial charge in [0.25, 0.3) is 0 Å². The fourth-order valence-corrected chi connectivity index (χ4v) is 4.52. The first kappa shape index (κ1) is 20.2. The van der Waals surface area contributed by atoms with Crippen LogP contribution in [0.5, 0.6) is 0 Å². The number of aliphatic hydroxyl groups is 1. The summed E-state index contributed by atoms with van der Waals surface area (Å²) < 4.78 is 45.6. The number of nitrogens with one attached hydrogen (secondary N) is 1. The van der Waals surface area contributed by atoms with E-state index in [1.165, 1.54) is 24.3 Å². The van der Waals surface area contributed by atoms with Crippen LogP contribution in [0.25, 0.3) is 0 Å². The molecule has 2 unspecified atom stereocenters. The van der Waals surface area contributed by atoms with E-state index >= 15 is 0 Å². The molecule has 1 fully saturated rings. The van der Waals surface area contributed by atoms with Crippen molar-refractivity contribution in [2.24, 2.45) is 0 Å². The van der Waals surface area contributed by atoms with Crippen molar-refractivity contribution >= 4 is 20.9 Å². The van der Waals surface area contributed by atoms with Gasteiger partial charge >= 0.3 is 0 Å². The summed E-state index contributed by atoms with van der Waals surface area (Å²) in [5, 5.41) is 14.3. The van der Waals surface area contributed by atoms with E-state index in [4.69, 9.17) is 0 Å². The lowest BCUT2D eigenvalue weighted by molar-refractivity contribution is 0.119. The molecule has 0 spiro atoms. The lowest BCUT2D eigenvalue weighted by Gasteiger charge is -2.29. The van der Waals surface area contributed by atoms with Crippen LogP contribution in [-0.4, -0.2) is 47.2 Å². The molecule has 0 aromatic heterocycles. The predicted molar refractivity (Wildman–Crippen MR) is 102 cm³/mol. The molecule has 0 aliphatic carbocycles. The fraction of sp³-hybridized carbons (Fsp3) is 0.368. The van der Waals surface area contributed by atoms with Gasteiger partial charge in [-0.3, -0.25) is 4.21 Å². The lowest BCUT2D eigenvalue weighted by Crippen LogP contribution is -2.39. The summed E-state index contributed by atoms with van der Waals surface area (Å²) in [6.45, 7) is 0.843. The van der Waals surface area contributed by atoms with Crippen molar-refractivity contribution in [3.63, 3.8) is 0 Å². The topological polar surface area (TPSA) is 107 Å². The van der Waals surface area contributed by atoms with Crippen molar-refractivity contribution in [1.82, 2.24) is 5.32 Å². The zero-order chi connectivity index (χ0) is 19.6. The number of hydrogen-bond donors (Lipinski definition) is 2. The zero-order valence-electron chi connectivity index (χ0n) is 14.9. The molecule has 1 aliphatic rings. The van der Waals surface area contributed by atoms with Crippen LogP contribution in [0.1, 0.15) is 29.9 Å². The van der Waals surface area contributed by atoms with Crippen LogP contribution in [0.15, 0.2) is 58.3 Å². The van der Waals surface area contributed by atoms with Gasteiger partial charge in [-0.1, -0.05) is 24.3 Å². The largest absolute Gasteiger partial charge is 0.768 e. The first-order valence-corrected chi connectivity index (χ1v) is 11.6. The third-order valence-corrected chi connectivity index (χ3v) is 6.74. The molecule has 2 aromatic rings. The van der Waals surface area contributed by atoms with Gasteiger partial charge in [-0.2, -0.15) is 0 Å². The second-order valence-corrected chi connectivity index (χ2v) is 9.77. The van der Waals surface area contributed by atoms with Crippen LogP contribution in [0.2, 0.25) is 0 Å². The normalized spacial score (nSPS) is 20.9. The minimum absolute atomic E-state index is 0.0714. The molecule has 0 bridgehead atoms. The molecular weight excluding hydrogens is 386 g/mol. The van der Waals surface area contributed by atoms with Gasteiger partial charge < -0.3 is 15.0 Å². The highest BCUT2D eigenvalue weighted by Crippen LogP contribution is 2.32. The van der Waals surface area contributed by atoms with Crippen LogP contribution in [-0.2, 0) is 20.9 Å². The molecule has 4 atom stereocenters. The maximum absolute atomic E-state index is 11.7. The molecule has 0 radical (unpaired) electrons. The summed E-state index contributed by atoms with van der Waals surface area (Å²) in [5.74, 6) is -0.400. The van der Waals surface area contributed by atoms with Crippen molar-refractivity contribution in [2.75, 3.05) is 12.8 Å². The highest BCUT2D eigenvalue weighted by Gasteiger charge is 2.32. The van der Waals surface area contributed by atoms with E-state index in [1.54, 1.807) is 24.3 Å². The lowest BCUT2D eigenvalue weighted by atomic mass is 9.83. The third kappa shape index (κ3) is 4.64. The van der Waals surface area contributed by atoms with E-state index in [0.717, 1.165) is 36.8 Å². The highest BCUT2D eigenvalue weighted by molar-refractivity contribution is 7.90. The molecule has 146 valence electrons. The quantitative estimate of drug-likeness (QED) is 0.703. The predicted octanol–water partition coefficient (Wildman–Crippen LogP) is 1.57. The molecule has 0 saturated carbocycles. The van der Waals surface area contributed by atoms with Gasteiger partial charge in [0, 0.05) is 23.1 Å². The molecule has 6 nitrogen and oxygen atoms in total. The number of rotatable bonds is 6. The van der Waals surface area contributed by atoms with Crippen LogP contribution in [0.4, 0.5) is 0 Å². The van der Waals surface area contributed by atoms with Crippen LogP contribution in [0, 0.1) is 0 Å². The molecule has 1 aliphatic heterocycles. The minimum atomic E-state index is -3.30. The number of sulfone groups is 1. The number of benzene rings is 2. The van der Waals surface area contributed by atoms with Gasteiger partial charge in [0.15, 0.2) is 9.84 Å². The average Bonchev–Trinajstić information content (AvgIpc) is 3.17. The summed E-state index contributed by atoms with van der Waals surface area (Å²) in [6.07, 6.45) is 2.26. The van der Waals surface area contributed by atoms with Crippen molar-refractivity contribution in [1.29, 1.82) is 0 Å². The molecule has 1 heterocycles. The average molecular weight is 409 g/mol. The standard InChI is InChI=1S/C19H23NO5S2/c1-27(24,25)16-10-6-14(7-11-16)18(19(21)17-3-2-12-20-17)13-4-8-15(9-5-13)26(22)23/h4-11,17-21H,2-3,12H2,1H3,(H,22,23)/p-1/t17-,18?,19-/m0/s1. The Hall–Kier alpha value is -1.58. The smallest absolute Gasteiger partial charge is 0.175 e. The van der Waals surface area contributed by atoms with Crippen molar-refractivity contribution in [3.05, 3.63) is 59.7 Å². The fourth-order valence-electron chi connectivity index (χ4n) is 3.53. The van der Waals surface area contributed by atoms with E-state index in [-0.39, 0.29) is 15.8 Å². The van der Waals surface area contributed by atoms with E-state index < -0.39 is 32.9 Å². The van der Waals surface area contributed by atoms with Gasteiger partial charge in [-0.25, -0.2) is 8.42 Å². The maximum Gasteiger partial charge on any atom is 0.175 e. The molecule has 8 heteroatoms. The second kappa shape index (κ2) is 8.20. The Kier molecular flexibility index (Phi) is 6.12. The molecule has 2 N–H and O–H groups in total. The van der Waals surface area contributed by atoms with E-state index in [2.05, 4.69) is 5.32 Å². The van der Waals surface area contributed by atoms with E-state index in [0.29, 0.717) is 0 Å². The van der Waals surface area contributed by atoms with Crippen LogP contribution < -0.4 is 5.32 Å². The van der Waals surface area contributed by atoms with Crippen LogP contribution in [0.3, 0.4) is 0 Å². The molecular formula is C19H22NO5S2-. The molecule has 27 heavy (non-hydrogen) atoms. The van der Waals surface area contributed by atoms with Crippen LogP contribution >= 0.6 is 0 Å². The molecule has 0 amide bonds. The Morgan fingerprint density at radius 1 is 1.11 bits per heavy atom. The number of hydrogen-bond acceptors (Lipinski definition) is 6. The van der Waals surface area contributed by atoms with Crippen molar-refractivity contribution < 1.29 is 22.3 Å². The molecule has 3 rings (SSSR count). The molecule has 2 aromatic carbocycles. The van der Waals surface area contributed by atoms with Gasteiger partial charge in [-0.15, -0.1) is 0 Å². The summed E-state index contributed by atoms with van der Waals surface area (Å²) >= 11 is -2.31. The summed E-state index contributed by atoms with van der Waals surface area (Å²) in [4.78, 5) is 0.397.